The van der Waals surface area contributed by atoms with Crippen molar-refractivity contribution in [1.29, 1.82) is 0 Å². The minimum absolute atomic E-state index is 0.0397. The van der Waals surface area contributed by atoms with Gasteiger partial charge in [-0.1, -0.05) is 72.8 Å². The number of likely N-dealkylation sites (N-methyl/N-ethyl adjacent to an activating group) is 1. The van der Waals surface area contributed by atoms with Crippen molar-refractivity contribution in [3.8, 4) is 0 Å². The number of ether oxygens (including phenoxy) is 2. The summed E-state index contributed by atoms with van der Waals surface area (Å²) in [5, 5.41) is 20.4. The third kappa shape index (κ3) is 13.8. The van der Waals surface area contributed by atoms with E-state index >= 15 is 0 Å². The Morgan fingerprint density at radius 1 is 0.878 bits per heavy atom. The maximum Gasteiger partial charge on any atom is 0.405 e. The van der Waals surface area contributed by atoms with Crippen LogP contribution in [-0.4, -0.2) is 97.1 Å². The molecular formula is C36H50N6O7. The van der Waals surface area contributed by atoms with E-state index in [1.54, 1.807) is 7.05 Å². The molecule has 0 heterocycles. The van der Waals surface area contributed by atoms with Crippen molar-refractivity contribution < 1.29 is 33.8 Å². The molecule has 5 N–H and O–H groups in total. The first-order chi connectivity index (χ1) is 23.6. The van der Waals surface area contributed by atoms with Crippen molar-refractivity contribution in [3.05, 3.63) is 83.9 Å². The highest BCUT2D eigenvalue weighted by Crippen LogP contribution is 2.23. The first-order valence-electron chi connectivity index (χ1n) is 16.6. The second-order valence-corrected chi connectivity index (χ2v) is 11.7. The van der Waals surface area contributed by atoms with Crippen LogP contribution in [0, 0.1) is 0 Å². The Kier molecular flexibility index (Phi) is 16.4. The summed E-state index contributed by atoms with van der Waals surface area (Å²) in [5.41, 5.74) is 4.66. The van der Waals surface area contributed by atoms with Gasteiger partial charge in [-0.2, -0.15) is 0 Å². The van der Waals surface area contributed by atoms with E-state index in [1.807, 2.05) is 69.3 Å². The number of nitrogens with one attached hydrogen (secondary N) is 4. The number of urea groups is 1. The van der Waals surface area contributed by atoms with Crippen LogP contribution in [-0.2, 0) is 32.2 Å². The average molecular weight is 679 g/mol. The first kappa shape index (κ1) is 38.9. The number of benzene rings is 3. The molecule has 0 aliphatic heterocycles. The average Bonchev–Trinajstić information content (AvgIpc) is 3.08. The molecular weight excluding hydrogens is 628 g/mol. The Morgan fingerprint density at radius 2 is 1.55 bits per heavy atom. The molecule has 49 heavy (non-hydrogen) atoms. The molecule has 0 aromatic heterocycles. The number of ketones is 1. The zero-order chi connectivity index (χ0) is 35.6. The molecule has 2 unspecified atom stereocenters. The molecule has 0 aliphatic carbocycles. The quantitative estimate of drug-likeness (QED) is 0.0832. The molecule has 13 nitrogen and oxygen atoms in total. The summed E-state index contributed by atoms with van der Waals surface area (Å²) in [6.07, 6.45) is -1.53. The van der Waals surface area contributed by atoms with Crippen molar-refractivity contribution in [1.82, 2.24) is 31.3 Å². The standard InChI is InChI=1S/C36H50N6O7/c1-5-48-34(49-6-2)26(3)42(23-29-17-12-16-28-15-10-11-18-32(28)29)24-30(19-20-31(43)22-38-36(46)47)39-33(44)25-41(4)40-35(45)37-21-27-13-8-7-9-14-27/h7-18,26,30,34,38H,5-6,19-25H2,1-4H3,(H,39,44)(H,46,47)(H2,37,40,45). The largest absolute Gasteiger partial charge is 0.465 e. The molecule has 266 valence electrons. The van der Waals surface area contributed by atoms with Gasteiger partial charge in [-0.3, -0.25) is 19.9 Å². The lowest BCUT2D eigenvalue weighted by molar-refractivity contribution is -0.172. The van der Waals surface area contributed by atoms with Gasteiger partial charge in [0.25, 0.3) is 0 Å². The summed E-state index contributed by atoms with van der Waals surface area (Å²) in [4.78, 5) is 51.5. The van der Waals surface area contributed by atoms with E-state index in [0.29, 0.717) is 32.8 Å². The summed E-state index contributed by atoms with van der Waals surface area (Å²) in [5.74, 6) is -0.665. The molecule has 4 amide bonds. The summed E-state index contributed by atoms with van der Waals surface area (Å²) in [6.45, 7) is 7.39. The molecule has 0 spiro atoms. The topological polar surface area (TPSA) is 162 Å². The van der Waals surface area contributed by atoms with Gasteiger partial charge in [0.2, 0.25) is 5.91 Å². The molecule has 0 bridgehead atoms. The van der Waals surface area contributed by atoms with Gasteiger partial charge in [0.15, 0.2) is 12.1 Å². The van der Waals surface area contributed by atoms with Crippen molar-refractivity contribution >= 4 is 34.6 Å². The van der Waals surface area contributed by atoms with Crippen LogP contribution >= 0.6 is 0 Å². The van der Waals surface area contributed by atoms with E-state index in [2.05, 4.69) is 50.5 Å². The number of fused-ring (bicyclic) bond motifs is 1. The number of hydrogen-bond acceptors (Lipinski definition) is 8. The predicted octanol–water partition coefficient (Wildman–Crippen LogP) is 3.88. The van der Waals surface area contributed by atoms with Gasteiger partial charge < -0.3 is 30.5 Å². The Bertz CT molecular complexity index is 1480. The van der Waals surface area contributed by atoms with Crippen LogP contribution in [0.15, 0.2) is 72.8 Å². The number of Topliss-reactive ketones (excluding diaryl/α,β-unsaturated/α-hetero) is 1. The number of rotatable bonds is 21. The highest BCUT2D eigenvalue weighted by atomic mass is 16.7. The SMILES string of the molecule is CCOC(OCC)C(C)N(Cc1cccc2ccccc12)CC(CCC(=O)CNC(=O)O)NC(=O)CN(C)NC(=O)NCc1ccccc1. The van der Waals surface area contributed by atoms with Crippen LogP contribution in [0.2, 0.25) is 0 Å². The molecule has 0 radical (unpaired) electrons. The number of amides is 4. The highest BCUT2D eigenvalue weighted by molar-refractivity contribution is 5.86. The fourth-order valence-corrected chi connectivity index (χ4v) is 5.46. The highest BCUT2D eigenvalue weighted by Gasteiger charge is 2.28. The summed E-state index contributed by atoms with van der Waals surface area (Å²) in [6, 6.07) is 22.5. The van der Waals surface area contributed by atoms with Gasteiger partial charge in [0, 0.05) is 52.4 Å². The number of carbonyl (C=O) groups excluding carboxylic acids is 3. The minimum atomic E-state index is -1.28. The Hall–Kier alpha value is -4.56. The fourth-order valence-electron chi connectivity index (χ4n) is 5.46. The van der Waals surface area contributed by atoms with E-state index in [1.165, 1.54) is 5.01 Å². The Morgan fingerprint density at radius 3 is 2.24 bits per heavy atom. The Labute approximate surface area is 288 Å². The van der Waals surface area contributed by atoms with Crippen LogP contribution in [0.4, 0.5) is 9.59 Å². The molecule has 0 aliphatic rings. The second kappa shape index (κ2) is 20.7. The zero-order valence-electron chi connectivity index (χ0n) is 28.8. The van der Waals surface area contributed by atoms with Gasteiger partial charge >= 0.3 is 12.1 Å². The van der Waals surface area contributed by atoms with Crippen LogP contribution in [0.1, 0.15) is 44.7 Å². The van der Waals surface area contributed by atoms with Crippen molar-refractivity contribution in [3.63, 3.8) is 0 Å². The van der Waals surface area contributed by atoms with Crippen molar-refractivity contribution in [2.75, 3.05) is 39.9 Å². The van der Waals surface area contributed by atoms with Gasteiger partial charge in [-0.25, -0.2) is 14.6 Å². The zero-order valence-corrected chi connectivity index (χ0v) is 28.8. The number of nitrogens with zero attached hydrogens (tertiary/aromatic N) is 2. The monoisotopic (exact) mass is 678 g/mol. The van der Waals surface area contributed by atoms with Crippen molar-refractivity contribution in [2.24, 2.45) is 0 Å². The smallest absolute Gasteiger partial charge is 0.405 e. The number of hydrazine groups is 1. The number of carboxylic acid groups (broad SMARTS) is 1. The third-order valence-corrected chi connectivity index (χ3v) is 7.88. The molecule has 13 heteroatoms. The normalized spacial score (nSPS) is 12.6. The number of carbonyl (C=O) groups is 4. The first-order valence-corrected chi connectivity index (χ1v) is 16.6. The molecule has 0 saturated heterocycles. The summed E-state index contributed by atoms with van der Waals surface area (Å²) >= 11 is 0. The van der Waals surface area contributed by atoms with Gasteiger partial charge in [-0.05, 0) is 49.1 Å². The lowest BCUT2D eigenvalue weighted by atomic mass is 10.0. The summed E-state index contributed by atoms with van der Waals surface area (Å²) < 4.78 is 12.0. The Balaban J connectivity index is 1.78. The second-order valence-electron chi connectivity index (χ2n) is 11.7. The van der Waals surface area contributed by atoms with E-state index < -0.39 is 24.5 Å². The molecule has 3 rings (SSSR count). The molecule has 0 saturated carbocycles. The lowest BCUT2D eigenvalue weighted by Gasteiger charge is -2.37. The van der Waals surface area contributed by atoms with Crippen molar-refractivity contribution in [2.45, 2.75) is 65.1 Å². The minimum Gasteiger partial charge on any atom is -0.465 e. The van der Waals surface area contributed by atoms with Crippen LogP contribution in [0.3, 0.4) is 0 Å². The molecule has 3 aromatic carbocycles. The number of hydrogen-bond donors (Lipinski definition) is 5. The van der Waals surface area contributed by atoms with Gasteiger partial charge in [-0.15, -0.1) is 0 Å². The predicted molar refractivity (Wildman–Crippen MR) is 188 cm³/mol. The van der Waals surface area contributed by atoms with Crippen LogP contribution < -0.4 is 21.4 Å². The van der Waals surface area contributed by atoms with E-state index in [9.17, 15) is 19.2 Å². The molecule has 0 fully saturated rings. The summed E-state index contributed by atoms with van der Waals surface area (Å²) in [7, 11) is 1.58. The lowest BCUT2D eigenvalue weighted by Crippen LogP contribution is -2.53. The van der Waals surface area contributed by atoms with E-state index in [4.69, 9.17) is 14.6 Å². The third-order valence-electron chi connectivity index (χ3n) is 7.88. The van der Waals surface area contributed by atoms with Crippen LogP contribution in [0.25, 0.3) is 10.8 Å². The van der Waals surface area contributed by atoms with E-state index in [0.717, 1.165) is 21.9 Å². The maximum atomic E-state index is 13.3. The van der Waals surface area contributed by atoms with Gasteiger partial charge in [0.05, 0.1) is 19.1 Å². The molecule has 3 aromatic rings. The maximum absolute atomic E-state index is 13.3. The van der Waals surface area contributed by atoms with Crippen LogP contribution in [0.5, 0.6) is 0 Å². The van der Waals surface area contributed by atoms with Gasteiger partial charge in [0.1, 0.15) is 0 Å². The fraction of sp³-hybridized carbons (Fsp3) is 0.444. The van der Waals surface area contributed by atoms with E-state index in [-0.39, 0.29) is 43.7 Å². The molecule has 2 atom stereocenters.